The largest absolute Gasteiger partial charge is 0.440 e. The number of nitrogens with one attached hydrogen (secondary N) is 3. The van der Waals surface area contributed by atoms with Crippen LogP contribution in [0.2, 0.25) is 0 Å². The summed E-state index contributed by atoms with van der Waals surface area (Å²) in [6.45, 7) is 4.79. The second-order valence-corrected chi connectivity index (χ2v) is 11.2. The lowest BCUT2D eigenvalue weighted by molar-refractivity contribution is -0.136. The third-order valence-corrected chi connectivity index (χ3v) is 8.18. The molecule has 11 nitrogen and oxygen atoms in total. The van der Waals surface area contributed by atoms with Gasteiger partial charge in [-0.25, -0.2) is 4.98 Å². The smallest absolute Gasteiger partial charge is 0.259 e. The van der Waals surface area contributed by atoms with Gasteiger partial charge in [-0.2, -0.15) is 0 Å². The number of hydrogen-bond acceptors (Lipinski definition) is 8. The van der Waals surface area contributed by atoms with E-state index < -0.39 is 18.0 Å². The molecule has 230 valence electrons. The van der Waals surface area contributed by atoms with E-state index in [9.17, 15) is 19.2 Å². The predicted molar refractivity (Wildman–Crippen MR) is 168 cm³/mol. The van der Waals surface area contributed by atoms with Crippen LogP contribution in [0.4, 0.5) is 5.69 Å². The van der Waals surface area contributed by atoms with Crippen molar-refractivity contribution in [2.45, 2.75) is 57.0 Å². The number of piperidine rings is 1. The number of benzene rings is 1. The molecule has 0 radical (unpaired) electrons. The average Bonchev–Trinajstić information content (AvgIpc) is 3.58. The summed E-state index contributed by atoms with van der Waals surface area (Å²) in [5.74, 6) is -0.555. The van der Waals surface area contributed by atoms with Crippen LogP contribution in [0.15, 0.2) is 78.1 Å². The molecule has 2 atom stereocenters. The molecule has 5 heterocycles. The molecule has 1 fully saturated rings. The highest BCUT2D eigenvalue weighted by Gasteiger charge is 2.42. The molecule has 2 unspecified atom stereocenters. The highest BCUT2D eigenvalue weighted by Crippen LogP contribution is 2.39. The van der Waals surface area contributed by atoms with Crippen LogP contribution in [0, 0.1) is 0 Å². The average molecular weight is 607 g/mol. The first-order valence-corrected chi connectivity index (χ1v) is 15.2. The van der Waals surface area contributed by atoms with Crippen molar-refractivity contribution in [3.63, 3.8) is 0 Å². The Balaban J connectivity index is 0.978. The molecule has 4 amide bonds. The number of furan rings is 1. The molecule has 0 spiro atoms. The lowest BCUT2D eigenvalue weighted by Crippen LogP contribution is -2.52. The number of amides is 4. The summed E-state index contributed by atoms with van der Waals surface area (Å²) in [5, 5.41) is 9.71. The normalized spacial score (nSPS) is 16.9. The molecule has 2 aliphatic heterocycles. The number of unbranched alkanes of at least 4 members (excludes halogenated alkanes) is 3. The summed E-state index contributed by atoms with van der Waals surface area (Å²) >= 11 is 0. The third kappa shape index (κ3) is 6.33. The van der Waals surface area contributed by atoms with E-state index in [1.165, 1.54) is 4.90 Å². The van der Waals surface area contributed by atoms with Gasteiger partial charge in [0.1, 0.15) is 17.8 Å². The number of carbonyl (C=O) groups is 4. The zero-order valence-electron chi connectivity index (χ0n) is 24.8. The lowest BCUT2D eigenvalue weighted by atomic mass is 10.0. The Labute approximate surface area is 260 Å². The fraction of sp³-hybridized carbons (Fsp3) is 0.294. The molecule has 0 bridgehead atoms. The summed E-state index contributed by atoms with van der Waals surface area (Å²) in [6, 6.07) is 13.6. The molecular formula is C34H34N6O5. The summed E-state index contributed by atoms with van der Waals surface area (Å²) in [6.07, 6.45) is 9.31. The van der Waals surface area contributed by atoms with Gasteiger partial charge in [-0.3, -0.25) is 34.4 Å². The van der Waals surface area contributed by atoms with E-state index in [4.69, 9.17) is 4.42 Å². The first-order valence-electron chi connectivity index (χ1n) is 15.2. The van der Waals surface area contributed by atoms with E-state index in [1.54, 1.807) is 30.7 Å². The molecule has 3 aromatic heterocycles. The number of nitrogens with zero attached hydrogens (tertiary/aromatic N) is 3. The van der Waals surface area contributed by atoms with E-state index in [0.717, 1.165) is 42.3 Å². The summed E-state index contributed by atoms with van der Waals surface area (Å²) in [5.41, 5.74) is 3.76. The number of aromatic nitrogens is 2. The first kappa shape index (κ1) is 29.7. The van der Waals surface area contributed by atoms with E-state index in [0.29, 0.717) is 41.3 Å². The van der Waals surface area contributed by atoms with Gasteiger partial charge in [-0.1, -0.05) is 31.6 Å². The molecule has 2 aliphatic rings. The fourth-order valence-electron chi connectivity index (χ4n) is 5.94. The SMILES string of the molecule is C=C1c2c(NCCCCCCC(=O)NC(c3cccnc3)c3cc4cccnc4o3)cccc2C(=O)N1C1CCC(=O)NC1=O. The summed E-state index contributed by atoms with van der Waals surface area (Å²) in [4.78, 5) is 60.1. The van der Waals surface area contributed by atoms with Crippen molar-refractivity contribution in [2.75, 3.05) is 11.9 Å². The maximum Gasteiger partial charge on any atom is 0.259 e. The number of hydrogen-bond donors (Lipinski definition) is 3. The molecule has 1 aromatic carbocycles. The fourth-order valence-corrected chi connectivity index (χ4v) is 5.94. The standard InChI is InChI=1S/C34H34N6O5/c1-21-30-24(34(44)40(21)26-14-15-29(42)39-32(26)43)11-6-12-25(30)36-17-5-3-2-4-13-28(41)38-31(23-10-7-16-35-20-23)27-19-22-9-8-18-37-33(22)45-27/h6-12,16,18-20,26,31,36H,1-5,13-15,17H2,(H,38,41)(H,39,42,43). The van der Waals surface area contributed by atoms with Crippen molar-refractivity contribution in [1.82, 2.24) is 25.5 Å². The van der Waals surface area contributed by atoms with Crippen molar-refractivity contribution in [2.24, 2.45) is 0 Å². The highest BCUT2D eigenvalue weighted by molar-refractivity contribution is 6.14. The summed E-state index contributed by atoms with van der Waals surface area (Å²) < 4.78 is 5.96. The molecule has 0 saturated carbocycles. The topological polar surface area (TPSA) is 147 Å². The van der Waals surface area contributed by atoms with E-state index in [-0.39, 0.29) is 30.6 Å². The summed E-state index contributed by atoms with van der Waals surface area (Å²) in [7, 11) is 0. The Morgan fingerprint density at radius 3 is 2.71 bits per heavy atom. The van der Waals surface area contributed by atoms with Crippen LogP contribution in [-0.2, 0) is 14.4 Å². The number of imide groups is 1. The van der Waals surface area contributed by atoms with Gasteiger partial charge in [-0.05, 0) is 55.7 Å². The Bertz CT molecular complexity index is 1730. The van der Waals surface area contributed by atoms with Gasteiger partial charge in [0.2, 0.25) is 23.4 Å². The lowest BCUT2D eigenvalue weighted by Gasteiger charge is -2.30. The van der Waals surface area contributed by atoms with Gasteiger partial charge >= 0.3 is 0 Å². The Morgan fingerprint density at radius 1 is 1.07 bits per heavy atom. The van der Waals surface area contributed by atoms with Gasteiger partial charge < -0.3 is 15.1 Å². The maximum atomic E-state index is 13.2. The van der Waals surface area contributed by atoms with Gasteiger partial charge in [0.25, 0.3) is 5.91 Å². The highest BCUT2D eigenvalue weighted by atomic mass is 16.3. The molecule has 11 heteroatoms. The first-order chi connectivity index (χ1) is 21.9. The van der Waals surface area contributed by atoms with Crippen LogP contribution < -0.4 is 16.0 Å². The van der Waals surface area contributed by atoms with E-state index in [2.05, 4.69) is 32.5 Å². The number of rotatable bonds is 12. The zero-order chi connectivity index (χ0) is 31.3. The van der Waals surface area contributed by atoms with Crippen LogP contribution in [-0.4, -0.2) is 51.1 Å². The molecule has 6 rings (SSSR count). The van der Waals surface area contributed by atoms with Crippen molar-refractivity contribution in [3.05, 3.63) is 96.2 Å². The third-order valence-electron chi connectivity index (χ3n) is 8.18. The second-order valence-electron chi connectivity index (χ2n) is 11.2. The molecular weight excluding hydrogens is 572 g/mol. The molecule has 45 heavy (non-hydrogen) atoms. The van der Waals surface area contributed by atoms with Crippen LogP contribution in [0.25, 0.3) is 16.8 Å². The Morgan fingerprint density at radius 2 is 1.91 bits per heavy atom. The second kappa shape index (κ2) is 13.1. The van der Waals surface area contributed by atoms with Crippen molar-refractivity contribution in [1.29, 1.82) is 0 Å². The van der Waals surface area contributed by atoms with Crippen LogP contribution in [0.1, 0.15) is 78.2 Å². The number of carbonyl (C=O) groups excluding carboxylic acids is 4. The van der Waals surface area contributed by atoms with Crippen LogP contribution in [0.3, 0.4) is 0 Å². The minimum Gasteiger partial charge on any atom is -0.440 e. The number of pyridine rings is 2. The van der Waals surface area contributed by atoms with Crippen molar-refractivity contribution >= 4 is 46.1 Å². The molecule has 0 aliphatic carbocycles. The van der Waals surface area contributed by atoms with Crippen molar-refractivity contribution < 1.29 is 23.6 Å². The Hall–Kier alpha value is -5.32. The minimum atomic E-state index is -0.754. The van der Waals surface area contributed by atoms with Gasteiger partial charge in [-0.15, -0.1) is 0 Å². The molecule has 3 N–H and O–H groups in total. The van der Waals surface area contributed by atoms with Gasteiger partial charge in [0, 0.05) is 65.9 Å². The number of fused-ring (bicyclic) bond motifs is 2. The van der Waals surface area contributed by atoms with Crippen LogP contribution in [0.5, 0.6) is 0 Å². The monoisotopic (exact) mass is 606 g/mol. The molecule has 1 saturated heterocycles. The van der Waals surface area contributed by atoms with E-state index >= 15 is 0 Å². The minimum absolute atomic E-state index is 0.0704. The zero-order valence-corrected chi connectivity index (χ0v) is 24.8. The maximum absolute atomic E-state index is 13.2. The Kier molecular flexibility index (Phi) is 8.68. The van der Waals surface area contributed by atoms with E-state index in [1.807, 2.05) is 36.4 Å². The van der Waals surface area contributed by atoms with Gasteiger partial charge in [0.05, 0.1) is 5.56 Å². The van der Waals surface area contributed by atoms with Gasteiger partial charge in [0.15, 0.2) is 0 Å². The van der Waals surface area contributed by atoms with Crippen molar-refractivity contribution in [3.8, 4) is 0 Å². The quantitative estimate of drug-likeness (QED) is 0.155. The number of anilines is 1. The van der Waals surface area contributed by atoms with Crippen LogP contribution >= 0.6 is 0 Å². The molecule has 4 aromatic rings. The predicted octanol–water partition coefficient (Wildman–Crippen LogP) is 4.72.